The molecule has 0 aromatic rings. The molecular formula is C60H107N2O7P. The highest BCUT2D eigenvalue weighted by atomic mass is 31.2. The molecule has 0 heterocycles. The largest absolute Gasteiger partial charge is 0.756 e. The quantitative estimate of drug-likeness (QED) is 0.0212. The Morgan fingerprint density at radius 1 is 0.514 bits per heavy atom. The Hall–Kier alpha value is -2.81. The molecule has 0 aliphatic rings. The summed E-state index contributed by atoms with van der Waals surface area (Å²) in [5.41, 5.74) is 0. The number of likely N-dealkylation sites (N-methyl/N-ethyl adjacent to an activating group) is 1. The first-order valence-corrected chi connectivity index (χ1v) is 29.9. The Balaban J connectivity index is 5.44. The van der Waals surface area contributed by atoms with Gasteiger partial charge in [-0.2, -0.15) is 0 Å². The van der Waals surface area contributed by atoms with Gasteiger partial charge in [0.1, 0.15) is 19.3 Å². The van der Waals surface area contributed by atoms with E-state index >= 15 is 0 Å². The van der Waals surface area contributed by atoms with Gasteiger partial charge in [-0.05, 0) is 70.3 Å². The SMILES string of the molecule is CC/C=C\C/C=C\C/C=C\C/C=C\C/C=C\C/C=C\CCC(=O)OC(/C=C/CCCCCCCCCCC)C(COP(=O)([O-])OCC[N+](C)(C)C)NC(=O)CCCCCCCCCCCCCCCC. The molecule has 0 fully saturated rings. The second-order valence-corrected chi connectivity index (χ2v) is 21.5. The van der Waals surface area contributed by atoms with E-state index in [0.717, 1.165) is 77.0 Å². The van der Waals surface area contributed by atoms with Crippen molar-refractivity contribution in [1.82, 2.24) is 5.32 Å². The third-order valence-corrected chi connectivity index (χ3v) is 13.1. The van der Waals surface area contributed by atoms with E-state index in [1.165, 1.54) is 116 Å². The molecule has 0 aromatic carbocycles. The first-order valence-electron chi connectivity index (χ1n) is 28.4. The number of phosphoric acid groups is 1. The van der Waals surface area contributed by atoms with Gasteiger partial charge in [0.25, 0.3) is 7.82 Å². The van der Waals surface area contributed by atoms with Crippen LogP contribution in [0.4, 0.5) is 0 Å². The minimum atomic E-state index is -4.71. The van der Waals surface area contributed by atoms with Crippen LogP contribution in [0.2, 0.25) is 0 Å². The van der Waals surface area contributed by atoms with Crippen LogP contribution < -0.4 is 10.2 Å². The van der Waals surface area contributed by atoms with Crippen LogP contribution >= 0.6 is 7.82 Å². The van der Waals surface area contributed by atoms with Crippen LogP contribution in [0.15, 0.2) is 85.1 Å². The Morgan fingerprint density at radius 3 is 1.37 bits per heavy atom. The summed E-state index contributed by atoms with van der Waals surface area (Å²) in [5.74, 6) is -0.640. The average Bonchev–Trinajstić information content (AvgIpc) is 3.32. The third kappa shape index (κ3) is 50.1. The topological polar surface area (TPSA) is 114 Å². The summed E-state index contributed by atoms with van der Waals surface area (Å²) in [4.78, 5) is 39.8. The van der Waals surface area contributed by atoms with Crippen molar-refractivity contribution >= 4 is 19.7 Å². The molecule has 0 radical (unpaired) electrons. The van der Waals surface area contributed by atoms with Gasteiger partial charge in [0.15, 0.2) is 0 Å². The number of rotatable bonds is 50. The molecule has 0 saturated carbocycles. The van der Waals surface area contributed by atoms with Crippen LogP contribution in [0.1, 0.15) is 233 Å². The van der Waals surface area contributed by atoms with Crippen molar-refractivity contribution in [1.29, 1.82) is 0 Å². The number of esters is 1. The molecule has 404 valence electrons. The highest BCUT2D eigenvalue weighted by Gasteiger charge is 2.27. The third-order valence-electron chi connectivity index (χ3n) is 12.1. The smallest absolute Gasteiger partial charge is 0.306 e. The highest BCUT2D eigenvalue weighted by molar-refractivity contribution is 7.45. The van der Waals surface area contributed by atoms with Crippen molar-refractivity contribution < 1.29 is 37.3 Å². The van der Waals surface area contributed by atoms with Crippen LogP contribution in [0, 0.1) is 0 Å². The Kier molecular flexibility index (Phi) is 47.8. The van der Waals surface area contributed by atoms with E-state index in [4.69, 9.17) is 13.8 Å². The van der Waals surface area contributed by atoms with Crippen LogP contribution in [0.3, 0.4) is 0 Å². The number of phosphoric ester groups is 1. The summed E-state index contributed by atoms with van der Waals surface area (Å²) in [5, 5.41) is 3.00. The summed E-state index contributed by atoms with van der Waals surface area (Å²) in [7, 11) is 1.14. The van der Waals surface area contributed by atoms with Crippen LogP contribution in [-0.2, 0) is 27.9 Å². The fraction of sp³-hybridized carbons (Fsp3) is 0.733. The zero-order valence-corrected chi connectivity index (χ0v) is 46.8. The molecule has 3 atom stereocenters. The number of quaternary nitrogens is 1. The van der Waals surface area contributed by atoms with Gasteiger partial charge in [-0.1, -0.05) is 235 Å². The van der Waals surface area contributed by atoms with Gasteiger partial charge in [0.05, 0.1) is 33.8 Å². The van der Waals surface area contributed by atoms with Gasteiger partial charge < -0.3 is 28.5 Å². The fourth-order valence-corrected chi connectivity index (χ4v) is 8.45. The van der Waals surface area contributed by atoms with Crippen molar-refractivity contribution in [2.45, 2.75) is 245 Å². The molecule has 0 aliphatic heterocycles. The molecule has 10 heteroatoms. The van der Waals surface area contributed by atoms with E-state index in [-0.39, 0.29) is 18.9 Å². The van der Waals surface area contributed by atoms with E-state index in [1.807, 2.05) is 39.4 Å². The zero-order chi connectivity index (χ0) is 51.5. The zero-order valence-electron chi connectivity index (χ0n) is 45.9. The van der Waals surface area contributed by atoms with Gasteiger partial charge in [-0.3, -0.25) is 14.2 Å². The van der Waals surface area contributed by atoms with Crippen molar-refractivity contribution in [3.05, 3.63) is 85.1 Å². The standard InChI is InChI=1S/C60H107N2O7P/c1-7-10-13-16-19-22-25-27-29-30-31-32-33-35-38-41-44-47-50-53-60(64)69-58(51-48-45-42-39-36-24-21-18-15-12-9-3)57(56-68-70(65,66)67-55-54-62(4,5)6)61-59(63)52-49-46-43-40-37-34-28-26-23-20-17-14-11-8-2/h10,13,19,22,27,29,31-32,35,38,44,47-48,51,57-58H,7-9,11-12,14-18,20-21,23-26,28,30,33-34,36-37,39-43,45-46,49-50,52-56H2,1-6H3,(H-,61,63,65,66)/b13-10-,22-19-,29-27-,32-31-,38-35-,47-44-,51-48+. The van der Waals surface area contributed by atoms with Gasteiger partial charge in [0, 0.05) is 12.8 Å². The van der Waals surface area contributed by atoms with Gasteiger partial charge in [0.2, 0.25) is 5.91 Å². The van der Waals surface area contributed by atoms with Crippen molar-refractivity contribution in [2.24, 2.45) is 0 Å². The maximum atomic E-state index is 13.5. The maximum absolute atomic E-state index is 13.5. The molecule has 0 spiro atoms. The first kappa shape index (κ1) is 67.2. The predicted octanol–water partition coefficient (Wildman–Crippen LogP) is 16.4. The summed E-state index contributed by atoms with van der Waals surface area (Å²) in [6.45, 7) is 6.66. The molecule has 0 aromatic heterocycles. The first-order chi connectivity index (χ1) is 33.9. The van der Waals surface area contributed by atoms with Crippen LogP contribution in [-0.4, -0.2) is 69.4 Å². The lowest BCUT2D eigenvalue weighted by atomic mass is 10.0. The number of ether oxygens (including phenoxy) is 1. The number of carbonyl (C=O) groups excluding carboxylic acids is 2. The number of allylic oxidation sites excluding steroid dienone is 13. The number of nitrogens with one attached hydrogen (secondary N) is 1. The van der Waals surface area contributed by atoms with Crippen LogP contribution in [0.5, 0.6) is 0 Å². The second kappa shape index (κ2) is 49.8. The van der Waals surface area contributed by atoms with Crippen molar-refractivity contribution in [3.63, 3.8) is 0 Å². The Bertz CT molecular complexity index is 1480. The van der Waals surface area contributed by atoms with E-state index in [2.05, 4.69) is 86.8 Å². The summed E-state index contributed by atoms with van der Waals surface area (Å²) < 4.78 is 30.1. The summed E-state index contributed by atoms with van der Waals surface area (Å²) in [6, 6.07) is -0.919. The van der Waals surface area contributed by atoms with E-state index < -0.39 is 32.5 Å². The number of carbonyl (C=O) groups is 2. The molecule has 3 unspecified atom stereocenters. The molecule has 0 bridgehead atoms. The molecule has 0 rings (SSSR count). The minimum Gasteiger partial charge on any atom is -0.756 e. The van der Waals surface area contributed by atoms with Gasteiger partial charge >= 0.3 is 5.97 Å². The minimum absolute atomic E-state index is 0.0356. The molecule has 1 amide bonds. The molecule has 70 heavy (non-hydrogen) atoms. The van der Waals surface area contributed by atoms with E-state index in [9.17, 15) is 19.0 Å². The molecule has 0 aliphatic carbocycles. The lowest BCUT2D eigenvalue weighted by Crippen LogP contribution is -2.47. The number of unbranched alkanes of at least 4 members (excludes halogenated alkanes) is 22. The highest BCUT2D eigenvalue weighted by Crippen LogP contribution is 2.38. The lowest BCUT2D eigenvalue weighted by molar-refractivity contribution is -0.870. The van der Waals surface area contributed by atoms with E-state index in [0.29, 0.717) is 23.9 Å². The Morgan fingerprint density at radius 2 is 0.929 bits per heavy atom. The van der Waals surface area contributed by atoms with Gasteiger partial charge in [-0.15, -0.1) is 0 Å². The van der Waals surface area contributed by atoms with E-state index in [1.54, 1.807) is 6.08 Å². The molecular weight excluding hydrogens is 892 g/mol. The predicted molar refractivity (Wildman–Crippen MR) is 298 cm³/mol. The molecule has 0 saturated heterocycles. The molecule has 1 N–H and O–H groups in total. The summed E-state index contributed by atoms with van der Waals surface area (Å²) >= 11 is 0. The second-order valence-electron chi connectivity index (χ2n) is 20.1. The monoisotopic (exact) mass is 999 g/mol. The lowest BCUT2D eigenvalue weighted by Gasteiger charge is -2.30. The number of hydrogen-bond donors (Lipinski definition) is 1. The molecule has 9 nitrogen and oxygen atoms in total. The van der Waals surface area contributed by atoms with Crippen molar-refractivity contribution in [3.8, 4) is 0 Å². The number of amides is 1. The van der Waals surface area contributed by atoms with Crippen LogP contribution in [0.25, 0.3) is 0 Å². The van der Waals surface area contributed by atoms with Crippen molar-refractivity contribution in [2.75, 3.05) is 40.9 Å². The average molecular weight is 999 g/mol. The van der Waals surface area contributed by atoms with Gasteiger partial charge in [-0.25, -0.2) is 0 Å². The Labute approximate surface area is 431 Å². The number of nitrogens with zero attached hydrogens (tertiary/aromatic N) is 1. The normalized spacial score (nSPS) is 14.4. The maximum Gasteiger partial charge on any atom is 0.306 e. The fourth-order valence-electron chi connectivity index (χ4n) is 7.72. The summed E-state index contributed by atoms with van der Waals surface area (Å²) in [6.07, 6.45) is 64.2. The number of hydrogen-bond acceptors (Lipinski definition) is 7.